The van der Waals surface area contributed by atoms with Crippen molar-refractivity contribution >= 4 is 22.8 Å². The summed E-state index contributed by atoms with van der Waals surface area (Å²) in [7, 11) is 1.80. The van der Waals surface area contributed by atoms with E-state index in [1.54, 1.807) is 11.7 Å². The van der Waals surface area contributed by atoms with Crippen LogP contribution in [-0.4, -0.2) is 37.5 Å². The van der Waals surface area contributed by atoms with Crippen molar-refractivity contribution in [1.82, 2.24) is 25.0 Å². The minimum atomic E-state index is -0.293. The molecule has 8 heteroatoms. The van der Waals surface area contributed by atoms with Gasteiger partial charge in [-0.3, -0.25) is 9.89 Å². The maximum absolute atomic E-state index is 12.1. The second kappa shape index (κ2) is 6.54. The van der Waals surface area contributed by atoms with Gasteiger partial charge in [-0.25, -0.2) is 9.67 Å². The largest absolute Gasteiger partial charge is 0.466 e. The lowest BCUT2D eigenvalue weighted by atomic mass is 10.1. The summed E-state index contributed by atoms with van der Waals surface area (Å²) < 4.78 is 7.29. The Kier molecular flexibility index (Phi) is 4.43. The normalized spacial score (nSPS) is 11.3. The summed E-state index contributed by atoms with van der Waals surface area (Å²) in [6.07, 6.45) is 0. The third-order valence-corrected chi connectivity index (χ3v) is 3.91. The predicted octanol–water partition coefficient (Wildman–Crippen LogP) is 2.45. The second-order valence-electron chi connectivity index (χ2n) is 6.41. The monoisotopic (exact) mass is 342 g/mol. The van der Waals surface area contributed by atoms with Gasteiger partial charge in [0, 0.05) is 24.5 Å². The molecule has 1 amide bonds. The van der Waals surface area contributed by atoms with Gasteiger partial charge in [-0.05, 0) is 31.4 Å². The van der Waals surface area contributed by atoms with E-state index in [9.17, 15) is 4.79 Å². The first-order valence-corrected chi connectivity index (χ1v) is 8.14. The van der Waals surface area contributed by atoms with Crippen LogP contribution in [-0.2, 0) is 11.8 Å². The molecule has 3 aromatic heterocycles. The molecule has 0 atom stereocenters. The number of aromatic amines is 1. The highest BCUT2D eigenvalue weighted by Gasteiger charge is 2.16. The number of nitrogens with zero attached hydrogens (tertiary/aromatic N) is 4. The lowest BCUT2D eigenvalue weighted by Crippen LogP contribution is -2.20. The smallest absolute Gasteiger partial charge is 0.263 e. The number of amides is 1. The number of hydrogen-bond acceptors (Lipinski definition) is 5. The zero-order valence-electron chi connectivity index (χ0n) is 15.0. The van der Waals surface area contributed by atoms with E-state index >= 15 is 0 Å². The van der Waals surface area contributed by atoms with E-state index in [-0.39, 0.29) is 12.5 Å². The molecular formula is C17H22N6O2. The topological polar surface area (TPSA) is 97.7 Å². The Bertz CT molecular complexity index is 925. The molecule has 3 heterocycles. The van der Waals surface area contributed by atoms with Crippen molar-refractivity contribution in [3.05, 3.63) is 29.1 Å². The minimum Gasteiger partial charge on any atom is -0.466 e. The fourth-order valence-electron chi connectivity index (χ4n) is 2.66. The predicted molar refractivity (Wildman–Crippen MR) is 94.8 cm³/mol. The van der Waals surface area contributed by atoms with Gasteiger partial charge in [0.05, 0.1) is 5.39 Å². The van der Waals surface area contributed by atoms with Crippen molar-refractivity contribution in [2.75, 3.05) is 11.9 Å². The molecule has 0 spiro atoms. The van der Waals surface area contributed by atoms with E-state index in [0.29, 0.717) is 17.6 Å². The van der Waals surface area contributed by atoms with Crippen molar-refractivity contribution in [3.63, 3.8) is 0 Å². The van der Waals surface area contributed by atoms with E-state index in [1.165, 1.54) is 0 Å². The summed E-state index contributed by atoms with van der Waals surface area (Å²) in [6.45, 7) is 7.85. The van der Waals surface area contributed by atoms with Crippen molar-refractivity contribution in [3.8, 4) is 5.88 Å². The van der Waals surface area contributed by atoms with Crippen molar-refractivity contribution in [1.29, 1.82) is 0 Å². The zero-order chi connectivity index (χ0) is 18.1. The average Bonchev–Trinajstić information content (AvgIpc) is 3.11. The maximum atomic E-state index is 12.1. The molecule has 0 aliphatic rings. The summed E-state index contributed by atoms with van der Waals surface area (Å²) in [4.78, 5) is 16.6. The Morgan fingerprint density at radius 1 is 1.36 bits per heavy atom. The van der Waals surface area contributed by atoms with Gasteiger partial charge < -0.3 is 10.1 Å². The van der Waals surface area contributed by atoms with E-state index in [0.717, 1.165) is 28.0 Å². The number of nitrogens with one attached hydrogen (secondary N) is 2. The number of H-pyrrole nitrogens is 1. The molecule has 0 aliphatic carbocycles. The third kappa shape index (κ3) is 3.47. The number of carbonyl (C=O) groups is 1. The average molecular weight is 342 g/mol. The highest BCUT2D eigenvalue weighted by molar-refractivity contribution is 5.91. The van der Waals surface area contributed by atoms with Gasteiger partial charge >= 0.3 is 0 Å². The van der Waals surface area contributed by atoms with Gasteiger partial charge in [0.15, 0.2) is 18.1 Å². The van der Waals surface area contributed by atoms with E-state index in [4.69, 9.17) is 4.74 Å². The fraction of sp³-hybridized carbons (Fsp3) is 0.412. The van der Waals surface area contributed by atoms with Crippen LogP contribution in [0.4, 0.5) is 5.82 Å². The second-order valence-corrected chi connectivity index (χ2v) is 6.41. The SMILES string of the molecule is Cc1cc(C)c2c(OCC(=O)Nc3cc(C(C)C)[nH]n3)nn(C)c2n1. The molecule has 0 unspecified atom stereocenters. The number of fused-ring (bicyclic) bond motifs is 1. The number of pyridine rings is 1. The van der Waals surface area contributed by atoms with Crippen LogP contribution >= 0.6 is 0 Å². The first kappa shape index (κ1) is 16.9. The molecule has 0 saturated heterocycles. The van der Waals surface area contributed by atoms with Gasteiger partial charge in [0.1, 0.15) is 0 Å². The Hall–Kier alpha value is -2.90. The molecule has 0 aromatic carbocycles. The molecule has 3 aromatic rings. The van der Waals surface area contributed by atoms with Gasteiger partial charge in [-0.1, -0.05) is 13.8 Å². The van der Waals surface area contributed by atoms with Crippen molar-refractivity contribution < 1.29 is 9.53 Å². The Balaban J connectivity index is 1.71. The van der Waals surface area contributed by atoms with Crippen LogP contribution in [0.25, 0.3) is 11.0 Å². The summed E-state index contributed by atoms with van der Waals surface area (Å²) in [5, 5.41) is 14.8. The van der Waals surface area contributed by atoms with E-state index in [1.807, 2.05) is 39.8 Å². The first-order valence-electron chi connectivity index (χ1n) is 8.14. The van der Waals surface area contributed by atoms with Gasteiger partial charge in [0.2, 0.25) is 5.88 Å². The number of anilines is 1. The summed E-state index contributed by atoms with van der Waals surface area (Å²) in [5.41, 5.74) is 3.63. The number of hydrogen-bond donors (Lipinski definition) is 2. The summed E-state index contributed by atoms with van der Waals surface area (Å²) in [5.74, 6) is 0.908. The van der Waals surface area contributed by atoms with Crippen LogP contribution in [0.1, 0.15) is 36.7 Å². The number of aromatic nitrogens is 5. The molecular weight excluding hydrogens is 320 g/mol. The molecule has 3 rings (SSSR count). The van der Waals surface area contributed by atoms with Crippen LogP contribution in [0.15, 0.2) is 12.1 Å². The van der Waals surface area contributed by atoms with Gasteiger partial charge in [-0.2, -0.15) is 5.10 Å². The van der Waals surface area contributed by atoms with Gasteiger partial charge in [0.25, 0.3) is 5.91 Å². The zero-order valence-corrected chi connectivity index (χ0v) is 15.0. The van der Waals surface area contributed by atoms with Crippen LogP contribution < -0.4 is 10.1 Å². The third-order valence-electron chi connectivity index (χ3n) is 3.91. The molecule has 0 aliphatic heterocycles. The van der Waals surface area contributed by atoms with E-state index in [2.05, 4.69) is 25.6 Å². The maximum Gasteiger partial charge on any atom is 0.263 e. The highest BCUT2D eigenvalue weighted by atomic mass is 16.5. The fourth-order valence-corrected chi connectivity index (χ4v) is 2.66. The van der Waals surface area contributed by atoms with Gasteiger partial charge in [-0.15, -0.1) is 5.10 Å². The lowest BCUT2D eigenvalue weighted by molar-refractivity contribution is -0.118. The van der Waals surface area contributed by atoms with Crippen molar-refractivity contribution in [2.24, 2.45) is 7.05 Å². The number of aryl methyl sites for hydroxylation is 3. The number of ether oxygens (including phenoxy) is 1. The Morgan fingerprint density at radius 3 is 2.80 bits per heavy atom. The quantitative estimate of drug-likeness (QED) is 0.742. The Labute approximate surface area is 145 Å². The molecule has 0 saturated carbocycles. The summed E-state index contributed by atoms with van der Waals surface area (Å²) in [6, 6.07) is 3.78. The summed E-state index contributed by atoms with van der Waals surface area (Å²) >= 11 is 0. The molecule has 8 nitrogen and oxygen atoms in total. The van der Waals surface area contributed by atoms with Crippen LogP contribution in [0.3, 0.4) is 0 Å². The van der Waals surface area contributed by atoms with E-state index < -0.39 is 0 Å². The highest BCUT2D eigenvalue weighted by Crippen LogP contribution is 2.27. The molecule has 0 bridgehead atoms. The molecule has 0 radical (unpaired) electrons. The molecule has 132 valence electrons. The van der Waals surface area contributed by atoms with Crippen molar-refractivity contribution in [2.45, 2.75) is 33.6 Å². The Morgan fingerprint density at radius 2 is 2.12 bits per heavy atom. The van der Waals surface area contributed by atoms with Crippen LogP contribution in [0.5, 0.6) is 5.88 Å². The molecule has 0 fully saturated rings. The number of carbonyl (C=O) groups excluding carboxylic acids is 1. The van der Waals surface area contributed by atoms with Crippen LogP contribution in [0, 0.1) is 13.8 Å². The standard InChI is InChI=1S/C17H22N6O2/c1-9(2)12-7-13(21-20-12)19-14(24)8-25-17-15-10(3)6-11(4)18-16(15)23(5)22-17/h6-7,9H,8H2,1-5H3,(H2,19,20,21,24). The first-order chi connectivity index (χ1) is 11.8. The minimum absolute atomic E-state index is 0.150. The molecule has 25 heavy (non-hydrogen) atoms. The number of rotatable bonds is 5. The lowest BCUT2D eigenvalue weighted by Gasteiger charge is -2.05. The van der Waals surface area contributed by atoms with Crippen LogP contribution in [0.2, 0.25) is 0 Å². The molecule has 2 N–H and O–H groups in total.